The average Bonchev–Trinajstić information content (AvgIpc) is 3.11. The van der Waals surface area contributed by atoms with Crippen molar-refractivity contribution in [2.75, 3.05) is 36.0 Å². The number of rotatable bonds is 2. The van der Waals surface area contributed by atoms with Crippen LogP contribution in [0.3, 0.4) is 0 Å². The molecule has 0 amide bonds. The molecular weight excluding hydrogens is 282 g/mol. The molecule has 0 aliphatic carbocycles. The van der Waals surface area contributed by atoms with Crippen molar-refractivity contribution in [3.63, 3.8) is 0 Å². The van der Waals surface area contributed by atoms with Gasteiger partial charge in [-0.05, 0) is 13.8 Å². The van der Waals surface area contributed by atoms with E-state index in [0.29, 0.717) is 0 Å². The number of anilines is 2. The van der Waals surface area contributed by atoms with E-state index in [1.807, 2.05) is 6.92 Å². The largest absolute Gasteiger partial charge is 0.356 e. The Morgan fingerprint density at radius 1 is 1.00 bits per heavy atom. The van der Waals surface area contributed by atoms with Gasteiger partial charge in [-0.1, -0.05) is 0 Å². The number of hydrogen-bond acceptors (Lipinski definition) is 6. The predicted molar refractivity (Wildman–Crippen MR) is 85.0 cm³/mol. The third-order valence-corrected chi connectivity index (χ3v) is 5.50. The minimum Gasteiger partial charge on any atom is -0.356 e. The van der Waals surface area contributed by atoms with Gasteiger partial charge in [-0.25, -0.2) is 15.0 Å². The van der Waals surface area contributed by atoms with Crippen molar-refractivity contribution in [2.24, 2.45) is 11.8 Å². The van der Waals surface area contributed by atoms with Gasteiger partial charge in [0.1, 0.15) is 12.1 Å². The predicted octanol–water partition coefficient (Wildman–Crippen LogP) is 2.12. The fourth-order valence-electron chi connectivity index (χ4n) is 3.44. The van der Waals surface area contributed by atoms with Gasteiger partial charge < -0.3 is 9.80 Å². The molecular formula is C15H19N5S. The number of aromatic nitrogens is 3. The number of aryl methyl sites for hydroxylation is 2. The van der Waals surface area contributed by atoms with Crippen LogP contribution in [0.5, 0.6) is 0 Å². The minimum atomic E-state index is 0.726. The molecule has 0 aromatic carbocycles. The lowest BCUT2D eigenvalue weighted by molar-refractivity contribution is 0.533. The Hall–Kier alpha value is -1.69. The molecule has 2 atom stereocenters. The highest BCUT2D eigenvalue weighted by atomic mass is 32.1. The van der Waals surface area contributed by atoms with Crippen molar-refractivity contribution >= 4 is 22.3 Å². The van der Waals surface area contributed by atoms with Crippen molar-refractivity contribution in [1.29, 1.82) is 0 Å². The van der Waals surface area contributed by atoms with E-state index in [9.17, 15) is 0 Å². The molecule has 2 fully saturated rings. The standard InChI is InChI=1S/C15H19N5S/c1-10-3-14(17-9-16-10)19-4-12-6-20(7-13(12)5-19)15-18-11(2)8-21-15/h3,8-9,12-13H,4-7H2,1-2H3. The monoisotopic (exact) mass is 301 g/mol. The molecule has 0 radical (unpaired) electrons. The molecule has 21 heavy (non-hydrogen) atoms. The Morgan fingerprint density at radius 3 is 2.33 bits per heavy atom. The summed E-state index contributed by atoms with van der Waals surface area (Å²) in [7, 11) is 0. The summed E-state index contributed by atoms with van der Waals surface area (Å²) in [5.41, 5.74) is 2.17. The van der Waals surface area contributed by atoms with Crippen molar-refractivity contribution in [1.82, 2.24) is 15.0 Å². The van der Waals surface area contributed by atoms with Crippen LogP contribution >= 0.6 is 11.3 Å². The Labute approximate surface area is 128 Å². The fourth-order valence-corrected chi connectivity index (χ4v) is 4.26. The van der Waals surface area contributed by atoms with Gasteiger partial charge in [-0.15, -0.1) is 11.3 Å². The highest BCUT2D eigenvalue weighted by Gasteiger charge is 2.41. The fraction of sp³-hybridized carbons (Fsp3) is 0.533. The molecule has 0 N–H and O–H groups in total. The summed E-state index contributed by atoms with van der Waals surface area (Å²) in [6.45, 7) is 8.53. The van der Waals surface area contributed by atoms with Crippen LogP contribution in [0.25, 0.3) is 0 Å². The van der Waals surface area contributed by atoms with Gasteiger partial charge >= 0.3 is 0 Å². The van der Waals surface area contributed by atoms with E-state index in [2.05, 4.69) is 43.1 Å². The van der Waals surface area contributed by atoms with Crippen LogP contribution in [0.2, 0.25) is 0 Å². The molecule has 4 heterocycles. The number of fused-ring (bicyclic) bond motifs is 1. The van der Waals surface area contributed by atoms with Crippen LogP contribution in [0.4, 0.5) is 10.9 Å². The smallest absolute Gasteiger partial charge is 0.185 e. The van der Waals surface area contributed by atoms with Gasteiger partial charge in [0.05, 0.1) is 5.69 Å². The average molecular weight is 301 g/mol. The summed E-state index contributed by atoms with van der Waals surface area (Å²) in [6.07, 6.45) is 1.67. The summed E-state index contributed by atoms with van der Waals surface area (Å²) < 4.78 is 0. The first-order valence-corrected chi connectivity index (χ1v) is 8.27. The highest BCUT2D eigenvalue weighted by Crippen LogP contribution is 2.36. The maximum absolute atomic E-state index is 4.62. The van der Waals surface area contributed by atoms with E-state index in [0.717, 1.165) is 55.2 Å². The molecule has 0 spiro atoms. The van der Waals surface area contributed by atoms with Crippen molar-refractivity contribution in [3.8, 4) is 0 Å². The van der Waals surface area contributed by atoms with Crippen LogP contribution in [0.1, 0.15) is 11.4 Å². The normalized spacial score (nSPS) is 24.7. The van der Waals surface area contributed by atoms with E-state index >= 15 is 0 Å². The van der Waals surface area contributed by atoms with Crippen LogP contribution in [0, 0.1) is 25.7 Å². The summed E-state index contributed by atoms with van der Waals surface area (Å²) in [6, 6.07) is 2.09. The second kappa shape index (κ2) is 4.94. The van der Waals surface area contributed by atoms with Gasteiger partial charge in [-0.3, -0.25) is 0 Å². The molecule has 2 unspecified atom stereocenters. The second-order valence-electron chi connectivity index (χ2n) is 6.12. The van der Waals surface area contributed by atoms with Crippen molar-refractivity contribution < 1.29 is 0 Å². The highest BCUT2D eigenvalue weighted by molar-refractivity contribution is 7.13. The Kier molecular flexibility index (Phi) is 3.06. The maximum atomic E-state index is 4.62. The third-order valence-electron chi connectivity index (χ3n) is 4.48. The van der Waals surface area contributed by atoms with E-state index < -0.39 is 0 Å². The van der Waals surface area contributed by atoms with E-state index in [1.54, 1.807) is 17.7 Å². The molecule has 2 aromatic rings. The molecule has 2 aliphatic rings. The zero-order valence-electron chi connectivity index (χ0n) is 12.4. The molecule has 5 nitrogen and oxygen atoms in total. The van der Waals surface area contributed by atoms with Crippen LogP contribution in [-0.4, -0.2) is 41.1 Å². The number of hydrogen-bond donors (Lipinski definition) is 0. The maximum Gasteiger partial charge on any atom is 0.185 e. The lowest BCUT2D eigenvalue weighted by Crippen LogP contribution is -2.29. The first kappa shape index (κ1) is 13.0. The summed E-state index contributed by atoms with van der Waals surface area (Å²) in [5.74, 6) is 2.53. The molecule has 0 bridgehead atoms. The van der Waals surface area contributed by atoms with E-state index in [-0.39, 0.29) is 0 Å². The zero-order valence-corrected chi connectivity index (χ0v) is 13.2. The molecule has 2 saturated heterocycles. The summed E-state index contributed by atoms with van der Waals surface area (Å²) in [4.78, 5) is 18.1. The third kappa shape index (κ3) is 2.37. The van der Waals surface area contributed by atoms with Gasteiger partial charge in [0.15, 0.2) is 5.13 Å². The van der Waals surface area contributed by atoms with Gasteiger partial charge in [0, 0.05) is 55.2 Å². The first-order chi connectivity index (χ1) is 10.2. The summed E-state index contributed by atoms with van der Waals surface area (Å²) in [5, 5.41) is 3.32. The van der Waals surface area contributed by atoms with Crippen molar-refractivity contribution in [2.45, 2.75) is 13.8 Å². The molecule has 0 saturated carbocycles. The van der Waals surface area contributed by atoms with E-state index in [4.69, 9.17) is 0 Å². The Bertz CT molecular complexity index is 641. The SMILES string of the molecule is Cc1cc(N2CC3CN(c4nc(C)cs4)CC3C2)ncn1. The molecule has 6 heteroatoms. The second-order valence-corrected chi connectivity index (χ2v) is 6.96. The molecule has 2 aliphatic heterocycles. The quantitative estimate of drug-likeness (QED) is 0.850. The Balaban J connectivity index is 1.46. The number of thiazole rings is 1. The van der Waals surface area contributed by atoms with Crippen molar-refractivity contribution in [3.05, 3.63) is 29.2 Å². The van der Waals surface area contributed by atoms with Gasteiger partial charge in [0.25, 0.3) is 0 Å². The molecule has 110 valence electrons. The molecule has 4 rings (SSSR count). The number of nitrogens with zero attached hydrogens (tertiary/aromatic N) is 5. The van der Waals surface area contributed by atoms with Gasteiger partial charge in [0.2, 0.25) is 0 Å². The van der Waals surface area contributed by atoms with Crippen LogP contribution in [-0.2, 0) is 0 Å². The minimum absolute atomic E-state index is 0.726. The first-order valence-electron chi connectivity index (χ1n) is 7.40. The lowest BCUT2D eigenvalue weighted by atomic mass is 10.0. The van der Waals surface area contributed by atoms with Crippen LogP contribution < -0.4 is 9.80 Å². The van der Waals surface area contributed by atoms with E-state index in [1.165, 1.54) is 5.13 Å². The topological polar surface area (TPSA) is 45.2 Å². The Morgan fingerprint density at radius 2 is 1.71 bits per heavy atom. The van der Waals surface area contributed by atoms with Gasteiger partial charge in [-0.2, -0.15) is 0 Å². The van der Waals surface area contributed by atoms with Crippen LogP contribution in [0.15, 0.2) is 17.8 Å². The summed E-state index contributed by atoms with van der Waals surface area (Å²) >= 11 is 1.77. The molecule has 2 aromatic heterocycles. The lowest BCUT2D eigenvalue weighted by Gasteiger charge is -2.22. The zero-order chi connectivity index (χ0) is 14.4.